The molecular formula is C11H19N. The minimum Gasteiger partial charge on any atom is -0.310 e. The Morgan fingerprint density at radius 3 is 2.50 bits per heavy atom. The quantitative estimate of drug-likeness (QED) is 0.631. The van der Waals surface area contributed by atoms with Crippen LogP contribution in [0, 0.1) is 5.92 Å². The first kappa shape index (κ1) is 8.31. The lowest BCUT2D eigenvalue weighted by Crippen LogP contribution is -2.37. The van der Waals surface area contributed by atoms with Crippen molar-refractivity contribution in [1.82, 2.24) is 5.32 Å². The number of nitrogens with one attached hydrogen (secondary N) is 1. The first-order chi connectivity index (χ1) is 5.90. The maximum Gasteiger partial charge on any atom is 0.0139 e. The molecule has 0 amide bonds. The van der Waals surface area contributed by atoms with E-state index in [1.165, 1.54) is 32.1 Å². The van der Waals surface area contributed by atoms with Crippen molar-refractivity contribution < 1.29 is 0 Å². The zero-order chi connectivity index (χ0) is 8.39. The van der Waals surface area contributed by atoms with Crippen LogP contribution in [-0.2, 0) is 0 Å². The molecule has 0 bridgehead atoms. The van der Waals surface area contributed by atoms with Gasteiger partial charge < -0.3 is 5.32 Å². The SMILES string of the molecule is CCC(NC1CC=CC1)C1CC1. The summed E-state index contributed by atoms with van der Waals surface area (Å²) in [5.74, 6) is 1.01. The van der Waals surface area contributed by atoms with Crippen molar-refractivity contribution >= 4 is 0 Å². The Morgan fingerprint density at radius 1 is 1.33 bits per heavy atom. The molecule has 0 heterocycles. The summed E-state index contributed by atoms with van der Waals surface area (Å²) in [5, 5.41) is 3.77. The van der Waals surface area contributed by atoms with Crippen molar-refractivity contribution in [2.24, 2.45) is 5.92 Å². The van der Waals surface area contributed by atoms with Crippen LogP contribution >= 0.6 is 0 Å². The Labute approximate surface area is 75.2 Å². The van der Waals surface area contributed by atoms with Crippen LogP contribution in [0.25, 0.3) is 0 Å². The van der Waals surface area contributed by atoms with Crippen molar-refractivity contribution in [2.75, 3.05) is 0 Å². The number of hydrogen-bond acceptors (Lipinski definition) is 1. The zero-order valence-corrected chi connectivity index (χ0v) is 7.92. The van der Waals surface area contributed by atoms with Crippen molar-refractivity contribution in [3.8, 4) is 0 Å². The standard InChI is InChI=1S/C11H19N/c1-2-11(9-7-8-9)12-10-5-3-4-6-10/h3-4,9-12H,2,5-8H2,1H3. The van der Waals surface area contributed by atoms with Gasteiger partial charge in [-0.2, -0.15) is 0 Å². The lowest BCUT2D eigenvalue weighted by atomic mass is 10.1. The molecule has 1 atom stereocenters. The molecule has 0 aromatic carbocycles. The first-order valence-corrected chi connectivity index (χ1v) is 5.31. The van der Waals surface area contributed by atoms with Crippen LogP contribution in [0.2, 0.25) is 0 Å². The van der Waals surface area contributed by atoms with E-state index in [0.29, 0.717) is 0 Å². The van der Waals surface area contributed by atoms with E-state index >= 15 is 0 Å². The summed E-state index contributed by atoms with van der Waals surface area (Å²) in [4.78, 5) is 0. The molecule has 0 radical (unpaired) electrons. The van der Waals surface area contributed by atoms with Crippen molar-refractivity contribution in [1.29, 1.82) is 0 Å². The van der Waals surface area contributed by atoms with Gasteiger partial charge in [0, 0.05) is 12.1 Å². The fourth-order valence-corrected chi connectivity index (χ4v) is 2.14. The summed E-state index contributed by atoms with van der Waals surface area (Å²) in [5.41, 5.74) is 0. The topological polar surface area (TPSA) is 12.0 Å². The molecule has 1 fully saturated rings. The molecule has 0 aromatic heterocycles. The van der Waals surface area contributed by atoms with Gasteiger partial charge in [-0.15, -0.1) is 0 Å². The second-order valence-corrected chi connectivity index (χ2v) is 4.16. The van der Waals surface area contributed by atoms with E-state index < -0.39 is 0 Å². The van der Waals surface area contributed by atoms with E-state index in [0.717, 1.165) is 18.0 Å². The molecule has 1 saturated carbocycles. The van der Waals surface area contributed by atoms with E-state index in [9.17, 15) is 0 Å². The lowest BCUT2D eigenvalue weighted by Gasteiger charge is -2.21. The zero-order valence-electron chi connectivity index (χ0n) is 7.92. The molecule has 12 heavy (non-hydrogen) atoms. The Bertz CT molecular complexity index is 162. The van der Waals surface area contributed by atoms with Gasteiger partial charge in [-0.3, -0.25) is 0 Å². The highest BCUT2D eigenvalue weighted by Gasteiger charge is 2.31. The molecule has 68 valence electrons. The average Bonchev–Trinajstić information content (AvgIpc) is 2.80. The monoisotopic (exact) mass is 165 g/mol. The van der Waals surface area contributed by atoms with E-state index in [2.05, 4.69) is 24.4 Å². The summed E-state index contributed by atoms with van der Waals surface area (Å²) in [6.45, 7) is 2.30. The molecule has 2 rings (SSSR count). The third kappa shape index (κ3) is 1.89. The van der Waals surface area contributed by atoms with Gasteiger partial charge in [0.25, 0.3) is 0 Å². The van der Waals surface area contributed by atoms with E-state index in [-0.39, 0.29) is 0 Å². The second-order valence-electron chi connectivity index (χ2n) is 4.16. The third-order valence-electron chi connectivity index (χ3n) is 3.09. The highest BCUT2D eigenvalue weighted by Crippen LogP contribution is 2.34. The maximum absolute atomic E-state index is 3.77. The maximum atomic E-state index is 3.77. The van der Waals surface area contributed by atoms with Gasteiger partial charge in [-0.05, 0) is 38.0 Å². The minimum absolute atomic E-state index is 0.760. The summed E-state index contributed by atoms with van der Waals surface area (Å²) >= 11 is 0. The Kier molecular flexibility index (Phi) is 2.50. The van der Waals surface area contributed by atoms with E-state index in [1.54, 1.807) is 0 Å². The van der Waals surface area contributed by atoms with Crippen molar-refractivity contribution in [3.63, 3.8) is 0 Å². The predicted octanol–water partition coefficient (Wildman–Crippen LogP) is 2.48. The van der Waals surface area contributed by atoms with Crippen LogP contribution in [0.5, 0.6) is 0 Å². The molecule has 0 saturated heterocycles. The van der Waals surface area contributed by atoms with Gasteiger partial charge in [0.15, 0.2) is 0 Å². The highest BCUT2D eigenvalue weighted by molar-refractivity contribution is 4.99. The molecular weight excluding hydrogens is 146 g/mol. The smallest absolute Gasteiger partial charge is 0.0139 e. The number of hydrogen-bond donors (Lipinski definition) is 1. The Balaban J connectivity index is 1.75. The van der Waals surface area contributed by atoms with Crippen LogP contribution in [0.4, 0.5) is 0 Å². The van der Waals surface area contributed by atoms with Crippen LogP contribution in [-0.4, -0.2) is 12.1 Å². The first-order valence-electron chi connectivity index (χ1n) is 5.31. The van der Waals surface area contributed by atoms with Crippen LogP contribution in [0.1, 0.15) is 39.0 Å². The molecule has 1 heteroatoms. The fraction of sp³-hybridized carbons (Fsp3) is 0.818. The molecule has 2 aliphatic carbocycles. The van der Waals surface area contributed by atoms with Crippen LogP contribution < -0.4 is 5.32 Å². The highest BCUT2D eigenvalue weighted by atomic mass is 15.0. The fourth-order valence-electron chi connectivity index (χ4n) is 2.14. The average molecular weight is 165 g/mol. The molecule has 1 nitrogen and oxygen atoms in total. The van der Waals surface area contributed by atoms with Crippen LogP contribution in [0.15, 0.2) is 12.2 Å². The van der Waals surface area contributed by atoms with Gasteiger partial charge in [-0.25, -0.2) is 0 Å². The van der Waals surface area contributed by atoms with Crippen LogP contribution in [0.3, 0.4) is 0 Å². The van der Waals surface area contributed by atoms with E-state index in [1.807, 2.05) is 0 Å². The summed E-state index contributed by atoms with van der Waals surface area (Å²) < 4.78 is 0. The summed E-state index contributed by atoms with van der Waals surface area (Å²) in [6, 6.07) is 1.57. The summed E-state index contributed by atoms with van der Waals surface area (Å²) in [6.07, 6.45) is 11.3. The molecule has 0 aliphatic heterocycles. The molecule has 0 aromatic rings. The van der Waals surface area contributed by atoms with Gasteiger partial charge >= 0.3 is 0 Å². The Hall–Kier alpha value is -0.300. The molecule has 1 unspecified atom stereocenters. The van der Waals surface area contributed by atoms with Gasteiger partial charge in [0.1, 0.15) is 0 Å². The van der Waals surface area contributed by atoms with Crippen molar-refractivity contribution in [3.05, 3.63) is 12.2 Å². The second kappa shape index (κ2) is 3.61. The molecule has 1 N–H and O–H groups in total. The normalized spacial score (nSPS) is 26.4. The van der Waals surface area contributed by atoms with Crippen molar-refractivity contribution in [2.45, 2.75) is 51.1 Å². The Morgan fingerprint density at radius 2 is 2.00 bits per heavy atom. The van der Waals surface area contributed by atoms with Gasteiger partial charge in [0.2, 0.25) is 0 Å². The third-order valence-corrected chi connectivity index (χ3v) is 3.09. The predicted molar refractivity (Wildman–Crippen MR) is 52.1 cm³/mol. The molecule has 2 aliphatic rings. The largest absolute Gasteiger partial charge is 0.310 e. The van der Waals surface area contributed by atoms with E-state index in [4.69, 9.17) is 0 Å². The van der Waals surface area contributed by atoms with Gasteiger partial charge in [0.05, 0.1) is 0 Å². The van der Waals surface area contributed by atoms with Gasteiger partial charge in [-0.1, -0.05) is 19.1 Å². The minimum atomic E-state index is 0.760. The molecule has 0 spiro atoms. The lowest BCUT2D eigenvalue weighted by molar-refractivity contribution is 0.393. The number of rotatable bonds is 4. The summed E-state index contributed by atoms with van der Waals surface area (Å²) in [7, 11) is 0.